The van der Waals surface area contributed by atoms with E-state index >= 15 is 0 Å². The molecule has 0 aliphatic rings. The SMILES string of the molecule is Cc1ccc(Nc2nnc(CNCC(C)C)o2)cc1Br. The Morgan fingerprint density at radius 3 is 2.80 bits per heavy atom. The van der Waals surface area contributed by atoms with Crippen LogP contribution in [0.25, 0.3) is 0 Å². The van der Waals surface area contributed by atoms with Gasteiger partial charge in [-0.05, 0) is 37.1 Å². The fourth-order valence-corrected chi connectivity index (χ4v) is 2.02. The number of nitrogens with one attached hydrogen (secondary N) is 2. The highest BCUT2D eigenvalue weighted by molar-refractivity contribution is 9.10. The summed E-state index contributed by atoms with van der Waals surface area (Å²) in [5.74, 6) is 1.18. The van der Waals surface area contributed by atoms with E-state index in [9.17, 15) is 0 Å². The molecule has 0 saturated carbocycles. The summed E-state index contributed by atoms with van der Waals surface area (Å²) >= 11 is 3.50. The maximum Gasteiger partial charge on any atom is 0.320 e. The summed E-state index contributed by atoms with van der Waals surface area (Å²) in [4.78, 5) is 0. The van der Waals surface area contributed by atoms with Crippen molar-refractivity contribution in [3.8, 4) is 0 Å². The minimum Gasteiger partial charge on any atom is -0.406 e. The molecule has 2 N–H and O–H groups in total. The Kier molecular flexibility index (Phi) is 5.14. The molecule has 6 heteroatoms. The molecular weight excluding hydrogens is 320 g/mol. The molecule has 0 saturated heterocycles. The Hall–Kier alpha value is -1.40. The second-order valence-electron chi connectivity index (χ2n) is 5.11. The highest BCUT2D eigenvalue weighted by atomic mass is 79.9. The molecule has 2 aromatic rings. The molecule has 0 atom stereocenters. The van der Waals surface area contributed by atoms with Gasteiger partial charge in [0.05, 0.1) is 6.54 Å². The molecule has 2 rings (SSSR count). The van der Waals surface area contributed by atoms with Crippen LogP contribution in [-0.4, -0.2) is 16.7 Å². The minimum absolute atomic E-state index is 0.405. The lowest BCUT2D eigenvalue weighted by atomic mass is 10.2. The van der Waals surface area contributed by atoms with E-state index < -0.39 is 0 Å². The van der Waals surface area contributed by atoms with Crippen LogP contribution in [0.4, 0.5) is 11.7 Å². The van der Waals surface area contributed by atoms with E-state index in [1.165, 1.54) is 5.56 Å². The van der Waals surface area contributed by atoms with Gasteiger partial charge >= 0.3 is 6.01 Å². The van der Waals surface area contributed by atoms with Gasteiger partial charge in [0.2, 0.25) is 5.89 Å². The van der Waals surface area contributed by atoms with E-state index in [4.69, 9.17) is 4.42 Å². The van der Waals surface area contributed by atoms with Crippen molar-refractivity contribution >= 4 is 27.6 Å². The molecule has 1 heterocycles. The Morgan fingerprint density at radius 1 is 1.30 bits per heavy atom. The molecule has 0 radical (unpaired) electrons. The molecule has 0 spiro atoms. The summed E-state index contributed by atoms with van der Waals surface area (Å²) < 4.78 is 6.57. The molecule has 5 nitrogen and oxygen atoms in total. The molecule has 0 aliphatic carbocycles. The van der Waals surface area contributed by atoms with E-state index in [1.54, 1.807) is 0 Å². The number of benzene rings is 1. The maximum atomic E-state index is 5.53. The number of hydrogen-bond acceptors (Lipinski definition) is 5. The van der Waals surface area contributed by atoms with Crippen LogP contribution in [0.15, 0.2) is 27.1 Å². The topological polar surface area (TPSA) is 63.0 Å². The van der Waals surface area contributed by atoms with Gasteiger partial charge in [-0.15, -0.1) is 5.10 Å². The number of hydrogen-bond donors (Lipinski definition) is 2. The first-order valence-corrected chi connectivity index (χ1v) is 7.40. The first-order valence-electron chi connectivity index (χ1n) is 6.61. The lowest BCUT2D eigenvalue weighted by molar-refractivity contribution is 0.460. The van der Waals surface area contributed by atoms with Crippen LogP contribution in [0.2, 0.25) is 0 Å². The summed E-state index contributed by atoms with van der Waals surface area (Å²) in [6, 6.07) is 6.38. The van der Waals surface area contributed by atoms with Gasteiger partial charge in [0.15, 0.2) is 0 Å². The highest BCUT2D eigenvalue weighted by Gasteiger charge is 2.07. The zero-order chi connectivity index (χ0) is 14.5. The lowest BCUT2D eigenvalue weighted by Crippen LogP contribution is -2.19. The summed E-state index contributed by atoms with van der Waals surface area (Å²) in [5, 5.41) is 14.3. The molecule has 1 aromatic carbocycles. The maximum absolute atomic E-state index is 5.53. The molecule has 0 unspecified atom stereocenters. The predicted octanol–water partition coefficient (Wildman–Crippen LogP) is 3.63. The smallest absolute Gasteiger partial charge is 0.320 e. The quantitative estimate of drug-likeness (QED) is 0.841. The van der Waals surface area contributed by atoms with Crippen LogP contribution >= 0.6 is 15.9 Å². The first kappa shape index (κ1) is 15.0. The third kappa shape index (κ3) is 4.31. The van der Waals surface area contributed by atoms with Crippen LogP contribution < -0.4 is 10.6 Å². The van der Waals surface area contributed by atoms with Crippen LogP contribution in [0, 0.1) is 12.8 Å². The third-order valence-electron chi connectivity index (χ3n) is 2.72. The molecule has 108 valence electrons. The number of rotatable bonds is 6. The number of aryl methyl sites for hydroxylation is 1. The Balaban J connectivity index is 1.93. The van der Waals surface area contributed by atoms with Crippen molar-refractivity contribution in [2.24, 2.45) is 5.92 Å². The minimum atomic E-state index is 0.405. The fraction of sp³-hybridized carbons (Fsp3) is 0.429. The number of aromatic nitrogens is 2. The predicted molar refractivity (Wildman–Crippen MR) is 83.0 cm³/mol. The zero-order valence-corrected chi connectivity index (χ0v) is 13.5. The van der Waals surface area contributed by atoms with Crippen LogP contribution in [0.1, 0.15) is 25.3 Å². The van der Waals surface area contributed by atoms with Crippen LogP contribution in [-0.2, 0) is 6.54 Å². The van der Waals surface area contributed by atoms with Crippen molar-refractivity contribution in [3.63, 3.8) is 0 Å². The fourth-order valence-electron chi connectivity index (χ4n) is 1.64. The zero-order valence-electron chi connectivity index (χ0n) is 11.9. The Labute approximate surface area is 127 Å². The van der Waals surface area contributed by atoms with E-state index in [0.29, 0.717) is 24.4 Å². The van der Waals surface area contributed by atoms with E-state index in [0.717, 1.165) is 16.7 Å². The van der Waals surface area contributed by atoms with Gasteiger partial charge in [0.1, 0.15) is 0 Å². The van der Waals surface area contributed by atoms with Gasteiger partial charge in [-0.1, -0.05) is 40.9 Å². The molecular formula is C14H19BrN4O. The number of anilines is 2. The van der Waals surface area contributed by atoms with Gasteiger partial charge in [0, 0.05) is 10.2 Å². The highest BCUT2D eigenvalue weighted by Crippen LogP contribution is 2.23. The van der Waals surface area contributed by atoms with Gasteiger partial charge in [-0.3, -0.25) is 0 Å². The monoisotopic (exact) mass is 338 g/mol. The molecule has 0 aliphatic heterocycles. The second kappa shape index (κ2) is 6.85. The number of halogens is 1. The molecule has 0 bridgehead atoms. The van der Waals surface area contributed by atoms with Gasteiger partial charge in [0.25, 0.3) is 0 Å². The molecule has 20 heavy (non-hydrogen) atoms. The van der Waals surface area contributed by atoms with Crippen molar-refractivity contribution in [2.45, 2.75) is 27.3 Å². The van der Waals surface area contributed by atoms with Gasteiger partial charge in [-0.2, -0.15) is 0 Å². The van der Waals surface area contributed by atoms with Crippen molar-refractivity contribution < 1.29 is 4.42 Å². The van der Waals surface area contributed by atoms with Crippen LogP contribution in [0.5, 0.6) is 0 Å². The van der Waals surface area contributed by atoms with Crippen molar-refractivity contribution in [1.29, 1.82) is 0 Å². The summed E-state index contributed by atoms with van der Waals surface area (Å²) in [5.41, 5.74) is 2.09. The standard InChI is InChI=1S/C14H19BrN4O/c1-9(2)7-16-8-13-18-19-14(20-13)17-11-5-4-10(3)12(15)6-11/h4-6,9,16H,7-8H2,1-3H3,(H,17,19). The molecule has 0 fully saturated rings. The van der Waals surface area contributed by atoms with E-state index in [-0.39, 0.29) is 0 Å². The van der Waals surface area contributed by atoms with Gasteiger partial charge < -0.3 is 15.1 Å². The Bertz CT molecular complexity index is 568. The van der Waals surface area contributed by atoms with Gasteiger partial charge in [-0.25, -0.2) is 0 Å². The normalized spacial score (nSPS) is 11.1. The second-order valence-corrected chi connectivity index (χ2v) is 5.97. The molecule has 1 aromatic heterocycles. The van der Waals surface area contributed by atoms with Crippen molar-refractivity contribution in [2.75, 3.05) is 11.9 Å². The van der Waals surface area contributed by atoms with Crippen LogP contribution in [0.3, 0.4) is 0 Å². The average Bonchev–Trinajstić information content (AvgIpc) is 2.81. The van der Waals surface area contributed by atoms with E-state index in [1.807, 2.05) is 25.1 Å². The average molecular weight is 339 g/mol. The van der Waals surface area contributed by atoms with Crippen molar-refractivity contribution in [1.82, 2.24) is 15.5 Å². The first-order chi connectivity index (χ1) is 9.54. The summed E-state index contributed by atoms with van der Waals surface area (Å²) in [6.45, 7) is 7.87. The van der Waals surface area contributed by atoms with Crippen molar-refractivity contribution in [3.05, 3.63) is 34.1 Å². The third-order valence-corrected chi connectivity index (χ3v) is 3.57. The number of nitrogens with zero attached hydrogens (tertiary/aromatic N) is 2. The Morgan fingerprint density at radius 2 is 2.10 bits per heavy atom. The molecule has 0 amide bonds. The van der Waals surface area contributed by atoms with E-state index in [2.05, 4.69) is 50.6 Å². The largest absolute Gasteiger partial charge is 0.406 e. The summed E-state index contributed by atoms with van der Waals surface area (Å²) in [6.07, 6.45) is 0. The summed E-state index contributed by atoms with van der Waals surface area (Å²) in [7, 11) is 0. The lowest BCUT2D eigenvalue weighted by Gasteiger charge is -2.04.